The van der Waals surface area contributed by atoms with Gasteiger partial charge in [0.2, 0.25) is 11.7 Å². The lowest BCUT2D eigenvalue weighted by Crippen LogP contribution is -2.43. The molecule has 184 valence electrons. The molecule has 2 aliphatic rings. The molecule has 9 heteroatoms. The van der Waals surface area contributed by atoms with Crippen LogP contribution >= 0.6 is 11.6 Å². The van der Waals surface area contributed by atoms with E-state index in [1.807, 2.05) is 36.4 Å². The zero-order valence-corrected chi connectivity index (χ0v) is 20.6. The van der Waals surface area contributed by atoms with E-state index in [0.717, 1.165) is 69.1 Å². The molecule has 0 radical (unpaired) electrons. The Bertz CT molecular complexity index is 1140. The summed E-state index contributed by atoms with van der Waals surface area (Å²) in [7, 11) is 0. The summed E-state index contributed by atoms with van der Waals surface area (Å²) in [6, 6.07) is 11.2. The van der Waals surface area contributed by atoms with E-state index >= 15 is 0 Å². The van der Waals surface area contributed by atoms with E-state index in [1.165, 1.54) is 19.3 Å². The number of hydrogen-bond donors (Lipinski definition) is 1. The first-order chi connectivity index (χ1) is 17.2. The zero-order valence-electron chi connectivity index (χ0n) is 19.8. The smallest absolute Gasteiger partial charge is 0.261 e. The highest BCUT2D eigenvalue weighted by molar-refractivity contribution is 6.30. The second kappa shape index (κ2) is 11.2. The molecule has 0 unspecified atom stereocenters. The highest BCUT2D eigenvalue weighted by atomic mass is 35.5. The molecule has 35 heavy (non-hydrogen) atoms. The number of nitrogens with zero attached hydrogens (tertiary/aromatic N) is 5. The van der Waals surface area contributed by atoms with Gasteiger partial charge in [0.25, 0.3) is 5.89 Å². The van der Waals surface area contributed by atoms with Gasteiger partial charge in [0.15, 0.2) is 0 Å². The Morgan fingerprint density at radius 3 is 2.71 bits per heavy atom. The van der Waals surface area contributed by atoms with Crippen molar-refractivity contribution in [2.45, 2.75) is 32.1 Å². The molecule has 0 atom stereocenters. The van der Waals surface area contributed by atoms with Gasteiger partial charge >= 0.3 is 0 Å². The second-order valence-corrected chi connectivity index (χ2v) is 9.70. The van der Waals surface area contributed by atoms with Crippen LogP contribution in [0.15, 0.2) is 47.1 Å². The molecule has 3 aromatic rings. The minimum atomic E-state index is 0.0394. The number of piperidine rings is 2. The number of nitrogens with one attached hydrogen (secondary N) is 1. The van der Waals surface area contributed by atoms with Gasteiger partial charge in [-0.1, -0.05) is 35.3 Å². The molecule has 8 nitrogen and oxygen atoms in total. The Labute approximate surface area is 210 Å². The fourth-order valence-electron chi connectivity index (χ4n) is 4.91. The number of aromatic nitrogens is 3. The molecule has 2 aliphatic heterocycles. The number of hydrogen-bond acceptors (Lipinski definition) is 7. The molecule has 1 amide bonds. The third kappa shape index (κ3) is 5.82. The number of anilines is 1. The third-order valence-corrected chi connectivity index (χ3v) is 7.10. The van der Waals surface area contributed by atoms with Gasteiger partial charge in [0, 0.05) is 48.9 Å². The topological polar surface area (TPSA) is 87.4 Å². The van der Waals surface area contributed by atoms with Crippen LogP contribution in [0.2, 0.25) is 5.02 Å². The van der Waals surface area contributed by atoms with Crippen LogP contribution in [0.25, 0.3) is 22.8 Å². The molecule has 5 rings (SSSR count). The van der Waals surface area contributed by atoms with E-state index in [1.54, 1.807) is 6.20 Å². The van der Waals surface area contributed by atoms with Gasteiger partial charge in [-0.05, 0) is 63.0 Å². The molecular weight excluding hydrogens is 464 g/mol. The maximum absolute atomic E-state index is 12.7. The van der Waals surface area contributed by atoms with Gasteiger partial charge in [-0.2, -0.15) is 4.98 Å². The van der Waals surface area contributed by atoms with Crippen molar-refractivity contribution in [1.82, 2.24) is 25.3 Å². The summed E-state index contributed by atoms with van der Waals surface area (Å²) in [5.74, 6) is 1.92. The number of likely N-dealkylation sites (tertiary alicyclic amines) is 1. The van der Waals surface area contributed by atoms with Gasteiger partial charge in [-0.25, -0.2) is 4.98 Å². The number of carbonyl (C=O) groups excluding carboxylic acids is 1. The van der Waals surface area contributed by atoms with E-state index in [4.69, 9.17) is 16.1 Å². The summed E-state index contributed by atoms with van der Waals surface area (Å²) >= 11 is 6.11. The molecule has 2 saturated heterocycles. The van der Waals surface area contributed by atoms with Gasteiger partial charge in [0.05, 0.1) is 5.56 Å². The van der Waals surface area contributed by atoms with Crippen molar-refractivity contribution in [2.75, 3.05) is 44.2 Å². The van der Waals surface area contributed by atoms with E-state index in [-0.39, 0.29) is 11.8 Å². The number of carbonyl (C=O) groups is 1. The van der Waals surface area contributed by atoms with E-state index in [9.17, 15) is 4.79 Å². The Hall–Kier alpha value is -2.97. The van der Waals surface area contributed by atoms with Crippen molar-refractivity contribution < 1.29 is 9.32 Å². The quantitative estimate of drug-likeness (QED) is 0.524. The number of amides is 1. The van der Waals surface area contributed by atoms with E-state index in [0.29, 0.717) is 16.7 Å². The van der Waals surface area contributed by atoms with Gasteiger partial charge < -0.3 is 19.6 Å². The zero-order chi connectivity index (χ0) is 24.0. The molecule has 0 spiro atoms. The molecular formula is C26H31ClN6O2. The van der Waals surface area contributed by atoms with E-state index < -0.39 is 0 Å². The SMILES string of the molecule is O=C(NCCN1CCCCC1)C1CCN(c2ncccc2-c2nc(-c3cccc(Cl)c3)no2)CC1. The first-order valence-corrected chi connectivity index (χ1v) is 12.9. The van der Waals surface area contributed by atoms with E-state index in [2.05, 4.69) is 30.2 Å². The average molecular weight is 495 g/mol. The molecule has 2 fully saturated rings. The first kappa shape index (κ1) is 23.8. The monoisotopic (exact) mass is 494 g/mol. The summed E-state index contributed by atoms with van der Waals surface area (Å²) in [5.41, 5.74) is 1.59. The van der Waals surface area contributed by atoms with Crippen molar-refractivity contribution in [3.63, 3.8) is 0 Å². The van der Waals surface area contributed by atoms with Gasteiger partial charge in [-0.15, -0.1) is 0 Å². The van der Waals surface area contributed by atoms with Crippen molar-refractivity contribution >= 4 is 23.3 Å². The number of halogens is 1. The van der Waals surface area contributed by atoms with Crippen molar-refractivity contribution in [2.24, 2.45) is 5.92 Å². The number of pyridine rings is 1. The highest BCUT2D eigenvalue weighted by Gasteiger charge is 2.28. The fourth-order valence-corrected chi connectivity index (χ4v) is 5.10. The lowest BCUT2D eigenvalue weighted by molar-refractivity contribution is -0.125. The Balaban J connectivity index is 1.19. The molecule has 0 aliphatic carbocycles. The van der Waals surface area contributed by atoms with Crippen LogP contribution < -0.4 is 10.2 Å². The minimum absolute atomic E-state index is 0.0394. The Kier molecular flexibility index (Phi) is 7.59. The molecule has 0 bridgehead atoms. The summed E-state index contributed by atoms with van der Waals surface area (Å²) in [4.78, 5) is 26.6. The molecule has 2 aromatic heterocycles. The van der Waals surface area contributed by atoms with Crippen LogP contribution in [0.3, 0.4) is 0 Å². The van der Waals surface area contributed by atoms with Crippen molar-refractivity contribution in [3.05, 3.63) is 47.6 Å². The normalized spacial score (nSPS) is 17.5. The number of benzene rings is 1. The highest BCUT2D eigenvalue weighted by Crippen LogP contribution is 2.32. The van der Waals surface area contributed by atoms with Crippen LogP contribution in [0, 0.1) is 5.92 Å². The van der Waals surface area contributed by atoms with Crippen LogP contribution in [0.5, 0.6) is 0 Å². The lowest BCUT2D eigenvalue weighted by atomic mass is 9.95. The Morgan fingerprint density at radius 1 is 1.09 bits per heavy atom. The van der Waals surface area contributed by atoms with Crippen LogP contribution in [-0.2, 0) is 4.79 Å². The standard InChI is InChI=1S/C26H31ClN6O2/c27-21-7-4-6-20(18-21)23-30-26(35-31-23)22-8-5-11-28-24(22)33-15-9-19(10-16-33)25(34)29-12-17-32-13-2-1-3-14-32/h4-8,11,18-19H,1-3,9-10,12-17H2,(H,29,34). The largest absolute Gasteiger partial charge is 0.356 e. The third-order valence-electron chi connectivity index (χ3n) is 6.87. The first-order valence-electron chi connectivity index (χ1n) is 12.5. The maximum atomic E-state index is 12.7. The average Bonchev–Trinajstić information content (AvgIpc) is 3.40. The van der Waals surface area contributed by atoms with Crippen molar-refractivity contribution in [1.29, 1.82) is 0 Å². The minimum Gasteiger partial charge on any atom is -0.356 e. The van der Waals surface area contributed by atoms with Gasteiger partial charge in [-0.3, -0.25) is 4.79 Å². The lowest BCUT2D eigenvalue weighted by Gasteiger charge is -2.33. The predicted octanol–water partition coefficient (Wildman–Crippen LogP) is 4.27. The fraction of sp³-hybridized carbons (Fsp3) is 0.462. The predicted molar refractivity (Wildman–Crippen MR) is 136 cm³/mol. The van der Waals surface area contributed by atoms with Crippen LogP contribution in [0.4, 0.5) is 5.82 Å². The van der Waals surface area contributed by atoms with Gasteiger partial charge in [0.1, 0.15) is 5.82 Å². The maximum Gasteiger partial charge on any atom is 0.261 e. The summed E-state index contributed by atoms with van der Waals surface area (Å²) < 4.78 is 5.59. The van der Waals surface area contributed by atoms with Crippen LogP contribution in [0.1, 0.15) is 32.1 Å². The molecule has 1 aromatic carbocycles. The summed E-state index contributed by atoms with van der Waals surface area (Å²) in [6.45, 7) is 5.49. The number of rotatable bonds is 7. The summed E-state index contributed by atoms with van der Waals surface area (Å²) in [5, 5.41) is 7.92. The molecule has 0 saturated carbocycles. The Morgan fingerprint density at radius 2 is 1.91 bits per heavy atom. The molecule has 4 heterocycles. The molecule has 1 N–H and O–H groups in total. The van der Waals surface area contributed by atoms with Crippen LogP contribution in [-0.4, -0.2) is 65.2 Å². The second-order valence-electron chi connectivity index (χ2n) is 9.26. The summed E-state index contributed by atoms with van der Waals surface area (Å²) in [6.07, 6.45) is 7.23. The van der Waals surface area contributed by atoms with Crippen molar-refractivity contribution in [3.8, 4) is 22.8 Å².